The van der Waals surface area contributed by atoms with Crippen molar-refractivity contribution in [2.75, 3.05) is 52.9 Å². The summed E-state index contributed by atoms with van der Waals surface area (Å²) < 4.78 is 23.8. The van der Waals surface area contributed by atoms with Gasteiger partial charge in [0, 0.05) is 33.9 Å². The van der Waals surface area contributed by atoms with Gasteiger partial charge >= 0.3 is 0 Å². The van der Waals surface area contributed by atoms with E-state index in [9.17, 15) is 9.18 Å². The number of rotatable bonds is 6. The van der Waals surface area contributed by atoms with Crippen molar-refractivity contribution in [1.82, 2.24) is 14.8 Å². The number of anilines is 1. The van der Waals surface area contributed by atoms with Crippen LogP contribution >= 0.6 is 0 Å². The van der Waals surface area contributed by atoms with Crippen LogP contribution in [0.2, 0.25) is 0 Å². The zero-order chi connectivity index (χ0) is 18.7. The molecule has 0 aromatic carbocycles. The number of fused-ring (bicyclic) bond motifs is 1. The number of carbonyl (C=O) groups excluding carboxylic acids is 1. The molecule has 0 radical (unpaired) electrons. The van der Waals surface area contributed by atoms with Crippen LogP contribution in [0.15, 0.2) is 6.07 Å². The average Bonchev–Trinajstić information content (AvgIpc) is 2.64. The molecule has 2 aliphatic heterocycles. The predicted molar refractivity (Wildman–Crippen MR) is 95.6 cm³/mol. The summed E-state index contributed by atoms with van der Waals surface area (Å²) in [6, 6.07) is 1.84. The fourth-order valence-electron chi connectivity index (χ4n) is 3.49. The molecule has 3 rings (SSSR count). The Balaban J connectivity index is 1.91. The first-order valence-corrected chi connectivity index (χ1v) is 8.92. The van der Waals surface area contributed by atoms with Gasteiger partial charge in [-0.15, -0.1) is 0 Å². The second kappa shape index (κ2) is 8.28. The summed E-state index contributed by atoms with van der Waals surface area (Å²) in [6.45, 7) is 1.99. The number of hydrogen-bond donors (Lipinski definition) is 1. The Hall–Kier alpha value is -1.77. The molecule has 0 bridgehead atoms. The van der Waals surface area contributed by atoms with E-state index in [4.69, 9.17) is 9.47 Å². The van der Waals surface area contributed by atoms with E-state index >= 15 is 0 Å². The van der Waals surface area contributed by atoms with Gasteiger partial charge in [0.05, 0.1) is 12.6 Å². The van der Waals surface area contributed by atoms with Crippen LogP contribution in [0.3, 0.4) is 0 Å². The van der Waals surface area contributed by atoms with Crippen molar-refractivity contribution in [3.63, 3.8) is 0 Å². The lowest BCUT2D eigenvalue weighted by atomic mass is 9.98. The number of carbonyl (C=O) groups is 1. The van der Waals surface area contributed by atoms with Gasteiger partial charge in [0.25, 0.3) is 0 Å². The highest BCUT2D eigenvalue weighted by atomic mass is 19.1. The van der Waals surface area contributed by atoms with Crippen molar-refractivity contribution in [2.45, 2.75) is 31.7 Å². The highest BCUT2D eigenvalue weighted by molar-refractivity contribution is 5.79. The number of amides is 1. The van der Waals surface area contributed by atoms with Crippen LogP contribution in [0.25, 0.3) is 0 Å². The molecular weight excluding hydrogens is 339 g/mol. The van der Waals surface area contributed by atoms with Crippen molar-refractivity contribution < 1.29 is 18.7 Å². The number of alkyl halides is 1. The van der Waals surface area contributed by atoms with Gasteiger partial charge in [-0.3, -0.25) is 9.69 Å². The van der Waals surface area contributed by atoms with Gasteiger partial charge in [0.15, 0.2) is 0 Å². The first kappa shape index (κ1) is 19.0. The summed E-state index contributed by atoms with van der Waals surface area (Å²) >= 11 is 0. The number of piperazine rings is 1. The van der Waals surface area contributed by atoms with Crippen LogP contribution in [-0.2, 0) is 27.2 Å². The monoisotopic (exact) mass is 366 g/mol. The van der Waals surface area contributed by atoms with Crippen LogP contribution in [0.5, 0.6) is 0 Å². The molecule has 0 spiro atoms. The lowest BCUT2D eigenvalue weighted by molar-refractivity contribution is -0.136. The predicted octanol–water partition coefficient (Wildman–Crippen LogP) is 1.34. The zero-order valence-corrected chi connectivity index (χ0v) is 15.6. The lowest BCUT2D eigenvalue weighted by Gasteiger charge is -2.33. The molecule has 0 aliphatic carbocycles. The maximum absolute atomic E-state index is 13.0. The third-order valence-electron chi connectivity index (χ3n) is 5.03. The molecule has 1 aromatic rings. The molecule has 3 heterocycles. The average molecular weight is 366 g/mol. The molecule has 0 saturated carbocycles. The Kier molecular flexibility index (Phi) is 6.05. The summed E-state index contributed by atoms with van der Waals surface area (Å²) in [5.41, 5.74) is 2.59. The normalized spacial score (nSPS) is 21.0. The van der Waals surface area contributed by atoms with Crippen molar-refractivity contribution in [2.24, 2.45) is 0 Å². The first-order valence-electron chi connectivity index (χ1n) is 8.92. The number of halogens is 1. The van der Waals surface area contributed by atoms with E-state index in [1.807, 2.05) is 16.8 Å². The minimum atomic E-state index is -0.634. The molecule has 144 valence electrons. The first-order chi connectivity index (χ1) is 12.5. The summed E-state index contributed by atoms with van der Waals surface area (Å²) in [6.07, 6.45) is 0.860. The van der Waals surface area contributed by atoms with Gasteiger partial charge in [-0.2, -0.15) is 0 Å². The largest absolute Gasteiger partial charge is 0.364 e. The van der Waals surface area contributed by atoms with E-state index in [2.05, 4.69) is 16.4 Å². The van der Waals surface area contributed by atoms with E-state index in [0.29, 0.717) is 31.1 Å². The van der Waals surface area contributed by atoms with Gasteiger partial charge in [0.2, 0.25) is 12.2 Å². The topological polar surface area (TPSA) is 66.9 Å². The Bertz CT molecular complexity index is 654. The summed E-state index contributed by atoms with van der Waals surface area (Å²) in [7, 11) is 5.05. The smallest absolute Gasteiger partial charge is 0.237 e. The van der Waals surface area contributed by atoms with Crippen LogP contribution < -0.4 is 5.32 Å². The third kappa shape index (κ3) is 3.97. The second-order valence-electron chi connectivity index (χ2n) is 6.93. The van der Waals surface area contributed by atoms with Gasteiger partial charge in [0.1, 0.15) is 18.2 Å². The lowest BCUT2D eigenvalue weighted by Crippen LogP contribution is -2.48. The van der Waals surface area contributed by atoms with E-state index in [1.165, 1.54) is 0 Å². The van der Waals surface area contributed by atoms with E-state index in [1.54, 1.807) is 14.2 Å². The highest BCUT2D eigenvalue weighted by Crippen LogP contribution is 2.30. The molecule has 2 aliphatic rings. The molecule has 8 heteroatoms. The van der Waals surface area contributed by atoms with E-state index < -0.39 is 13.0 Å². The minimum absolute atomic E-state index is 0.101. The van der Waals surface area contributed by atoms with Crippen molar-refractivity contribution in [3.8, 4) is 0 Å². The number of aromatic nitrogens is 1. The Morgan fingerprint density at radius 3 is 2.81 bits per heavy atom. The number of hydrogen-bond acceptors (Lipinski definition) is 6. The van der Waals surface area contributed by atoms with Gasteiger partial charge < -0.3 is 19.7 Å². The van der Waals surface area contributed by atoms with Crippen LogP contribution in [0.1, 0.15) is 29.5 Å². The molecule has 1 amide bonds. The molecule has 1 saturated heterocycles. The number of likely N-dealkylation sites (N-methyl/N-ethyl adjacent to an activating group) is 1. The molecule has 1 N–H and O–H groups in total. The van der Waals surface area contributed by atoms with E-state index in [-0.39, 0.29) is 11.9 Å². The number of pyridine rings is 1. The molecule has 7 nitrogen and oxygen atoms in total. The second-order valence-corrected chi connectivity index (χ2v) is 6.93. The van der Waals surface area contributed by atoms with Gasteiger partial charge in [-0.05, 0) is 37.1 Å². The van der Waals surface area contributed by atoms with Gasteiger partial charge in [-0.1, -0.05) is 0 Å². The number of aryl methyl sites for hydroxylation is 1. The summed E-state index contributed by atoms with van der Waals surface area (Å²) in [5, 5.41) is 3.15. The standard InChI is InChI=1S/C18H27FN4O3/c1-22-6-7-23(15(24)11-22)10-13-8-12-4-5-14(9-19)20-17(12)21-16(13)18(25-2)26-3/h8,14,18H,4-7,9-11H2,1-3H3,(H,20,21). The zero-order valence-electron chi connectivity index (χ0n) is 15.6. The van der Waals surface area contributed by atoms with Crippen molar-refractivity contribution in [1.29, 1.82) is 0 Å². The SMILES string of the molecule is COC(OC)c1nc2c(cc1CN1CCN(C)CC1=O)CCC(CF)N2. The Morgan fingerprint density at radius 2 is 2.15 bits per heavy atom. The Morgan fingerprint density at radius 1 is 1.38 bits per heavy atom. The number of nitrogens with one attached hydrogen (secondary N) is 1. The fraction of sp³-hybridized carbons (Fsp3) is 0.667. The molecule has 1 unspecified atom stereocenters. The number of ether oxygens (including phenoxy) is 2. The number of methoxy groups -OCH3 is 2. The van der Waals surface area contributed by atoms with Crippen LogP contribution in [-0.4, -0.2) is 74.3 Å². The summed E-state index contributed by atoms with van der Waals surface area (Å²) in [4.78, 5) is 20.9. The van der Waals surface area contributed by atoms with Crippen molar-refractivity contribution >= 4 is 11.7 Å². The molecule has 26 heavy (non-hydrogen) atoms. The maximum atomic E-state index is 13.0. The van der Waals surface area contributed by atoms with Crippen LogP contribution in [0.4, 0.5) is 10.2 Å². The third-order valence-corrected chi connectivity index (χ3v) is 5.03. The van der Waals surface area contributed by atoms with Crippen LogP contribution in [0, 0.1) is 0 Å². The molecular formula is C18H27FN4O3. The maximum Gasteiger partial charge on any atom is 0.237 e. The highest BCUT2D eigenvalue weighted by Gasteiger charge is 2.27. The number of nitrogens with zero attached hydrogens (tertiary/aromatic N) is 3. The fourth-order valence-corrected chi connectivity index (χ4v) is 3.49. The summed E-state index contributed by atoms with van der Waals surface area (Å²) in [5.74, 6) is 0.783. The molecule has 1 atom stereocenters. The Labute approximate surface area is 153 Å². The molecule has 1 aromatic heterocycles. The molecule has 1 fully saturated rings. The van der Waals surface area contributed by atoms with Gasteiger partial charge in [-0.25, -0.2) is 9.37 Å². The quantitative estimate of drug-likeness (QED) is 0.767. The minimum Gasteiger partial charge on any atom is -0.364 e. The van der Waals surface area contributed by atoms with Crippen molar-refractivity contribution in [3.05, 3.63) is 22.9 Å². The van der Waals surface area contributed by atoms with E-state index in [0.717, 1.165) is 30.5 Å².